The Balaban J connectivity index is 2.59. The minimum Gasteiger partial charge on any atom is -0.467 e. The molecule has 0 aromatic heterocycles. The van der Waals surface area contributed by atoms with Gasteiger partial charge in [-0.2, -0.15) is 0 Å². The summed E-state index contributed by atoms with van der Waals surface area (Å²) >= 11 is 16.1. The number of ether oxygens (including phenoxy) is 1. The molecule has 0 aromatic carbocycles. The molecule has 0 spiro atoms. The number of rotatable bonds is 3. The number of hydrogen-bond acceptors (Lipinski definition) is 3. The second kappa shape index (κ2) is 4.76. The molecule has 7 heteroatoms. The van der Waals surface area contributed by atoms with Crippen LogP contribution in [0.2, 0.25) is 0 Å². The Morgan fingerprint density at radius 2 is 1.93 bits per heavy atom. The van der Waals surface area contributed by atoms with Gasteiger partial charge in [-0.15, -0.1) is 0 Å². The first-order valence-electron chi connectivity index (χ1n) is 4.31. The molecule has 0 aliphatic heterocycles. The number of alkyl halides is 3. The van der Waals surface area contributed by atoms with Gasteiger partial charge in [-0.1, -0.05) is 34.8 Å². The standard InChI is InChI=1S/C8H10Cl3NO3/c1-15-6(13)5(4-2-3-4)12-7(14)8(9,10)11/h4-5H,2-3H2,1H3,(H,12,14)/t5-/m0/s1. The van der Waals surface area contributed by atoms with E-state index in [9.17, 15) is 9.59 Å². The maximum absolute atomic E-state index is 11.3. The van der Waals surface area contributed by atoms with Gasteiger partial charge < -0.3 is 10.1 Å². The monoisotopic (exact) mass is 273 g/mol. The van der Waals surface area contributed by atoms with Crippen LogP contribution in [0.4, 0.5) is 0 Å². The van der Waals surface area contributed by atoms with Gasteiger partial charge in [-0.05, 0) is 18.8 Å². The van der Waals surface area contributed by atoms with Crippen LogP contribution >= 0.6 is 34.8 Å². The van der Waals surface area contributed by atoms with E-state index >= 15 is 0 Å². The average molecular weight is 275 g/mol. The molecule has 0 aromatic rings. The van der Waals surface area contributed by atoms with Crippen molar-refractivity contribution >= 4 is 46.7 Å². The first-order valence-corrected chi connectivity index (χ1v) is 5.45. The van der Waals surface area contributed by atoms with Crippen LogP contribution in [0.15, 0.2) is 0 Å². The number of esters is 1. The second-order valence-electron chi connectivity index (χ2n) is 3.31. The van der Waals surface area contributed by atoms with Gasteiger partial charge in [0.15, 0.2) is 0 Å². The minimum atomic E-state index is -2.05. The third kappa shape index (κ3) is 3.70. The number of carbonyl (C=O) groups is 2. The van der Waals surface area contributed by atoms with Crippen molar-refractivity contribution in [1.29, 1.82) is 0 Å². The van der Waals surface area contributed by atoms with Gasteiger partial charge in [0, 0.05) is 0 Å². The summed E-state index contributed by atoms with van der Waals surface area (Å²) in [5.41, 5.74) is 0. The topological polar surface area (TPSA) is 55.4 Å². The summed E-state index contributed by atoms with van der Waals surface area (Å²) in [5, 5.41) is 2.36. The molecule has 1 N–H and O–H groups in total. The molecule has 0 unspecified atom stereocenters. The van der Waals surface area contributed by atoms with Crippen molar-refractivity contribution < 1.29 is 14.3 Å². The van der Waals surface area contributed by atoms with Gasteiger partial charge in [-0.25, -0.2) is 4.79 Å². The SMILES string of the molecule is COC(=O)[C@@H](NC(=O)C(Cl)(Cl)Cl)C1CC1. The number of amides is 1. The largest absolute Gasteiger partial charge is 0.467 e. The highest BCUT2D eigenvalue weighted by atomic mass is 35.6. The number of nitrogens with one attached hydrogen (secondary N) is 1. The fourth-order valence-electron chi connectivity index (χ4n) is 1.15. The quantitative estimate of drug-likeness (QED) is 0.625. The van der Waals surface area contributed by atoms with Crippen molar-refractivity contribution in [3.8, 4) is 0 Å². The third-order valence-electron chi connectivity index (χ3n) is 2.09. The van der Waals surface area contributed by atoms with Crippen LogP contribution in [0, 0.1) is 5.92 Å². The van der Waals surface area contributed by atoms with E-state index in [4.69, 9.17) is 34.8 Å². The molecular formula is C8H10Cl3NO3. The Kier molecular flexibility index (Phi) is 4.09. The molecule has 1 atom stereocenters. The first-order chi connectivity index (χ1) is 6.86. The lowest BCUT2D eigenvalue weighted by Crippen LogP contribution is -2.47. The molecular weight excluding hydrogens is 264 g/mol. The highest BCUT2D eigenvalue weighted by Gasteiger charge is 2.41. The first kappa shape index (κ1) is 12.9. The Hall–Kier alpha value is -0.190. The van der Waals surface area contributed by atoms with Crippen LogP contribution in [-0.2, 0) is 14.3 Å². The Morgan fingerprint density at radius 1 is 1.40 bits per heavy atom. The van der Waals surface area contributed by atoms with Crippen molar-refractivity contribution in [1.82, 2.24) is 5.32 Å². The van der Waals surface area contributed by atoms with E-state index in [2.05, 4.69) is 10.1 Å². The average Bonchev–Trinajstić information content (AvgIpc) is 2.94. The van der Waals surface area contributed by atoms with Crippen LogP contribution in [0.25, 0.3) is 0 Å². The van der Waals surface area contributed by atoms with E-state index in [1.54, 1.807) is 0 Å². The summed E-state index contributed by atoms with van der Waals surface area (Å²) in [5.74, 6) is -1.23. The predicted octanol–water partition coefficient (Wildman–Crippen LogP) is 1.42. The van der Waals surface area contributed by atoms with Gasteiger partial charge >= 0.3 is 5.97 Å². The Morgan fingerprint density at radius 3 is 2.27 bits per heavy atom. The van der Waals surface area contributed by atoms with E-state index in [1.807, 2.05) is 0 Å². The second-order valence-corrected chi connectivity index (χ2v) is 5.59. The van der Waals surface area contributed by atoms with Crippen molar-refractivity contribution in [3.05, 3.63) is 0 Å². The summed E-state index contributed by atoms with van der Waals surface area (Å²) in [6, 6.07) is -0.710. The van der Waals surface area contributed by atoms with E-state index in [1.165, 1.54) is 7.11 Å². The fourth-order valence-corrected chi connectivity index (χ4v) is 1.31. The summed E-state index contributed by atoms with van der Waals surface area (Å²) in [4.78, 5) is 22.6. The van der Waals surface area contributed by atoms with E-state index in [0.29, 0.717) is 0 Å². The zero-order valence-corrected chi connectivity index (χ0v) is 10.2. The summed E-state index contributed by atoms with van der Waals surface area (Å²) in [6.07, 6.45) is 1.72. The van der Waals surface area contributed by atoms with Crippen LogP contribution in [-0.4, -0.2) is 28.8 Å². The summed E-state index contributed by atoms with van der Waals surface area (Å²) in [6.45, 7) is 0. The Labute approximate surface area is 102 Å². The molecule has 1 fully saturated rings. The van der Waals surface area contributed by atoms with Gasteiger partial charge in [0.25, 0.3) is 9.70 Å². The predicted molar refractivity (Wildman–Crippen MR) is 57.0 cm³/mol. The molecule has 0 saturated heterocycles. The van der Waals surface area contributed by atoms with Crippen molar-refractivity contribution in [2.45, 2.75) is 22.7 Å². The minimum absolute atomic E-state index is 0.0914. The van der Waals surface area contributed by atoms with Gasteiger partial charge in [0.1, 0.15) is 6.04 Å². The molecule has 1 rings (SSSR count). The normalized spacial score (nSPS) is 18.1. The van der Waals surface area contributed by atoms with E-state index < -0.39 is 21.7 Å². The maximum atomic E-state index is 11.3. The zero-order valence-electron chi connectivity index (χ0n) is 7.93. The van der Waals surface area contributed by atoms with Crippen LogP contribution in [0.3, 0.4) is 0 Å². The fraction of sp³-hybridized carbons (Fsp3) is 0.750. The molecule has 0 heterocycles. The molecule has 1 aliphatic carbocycles. The van der Waals surface area contributed by atoms with Crippen LogP contribution in [0.5, 0.6) is 0 Å². The summed E-state index contributed by atoms with van der Waals surface area (Å²) < 4.78 is 2.49. The van der Waals surface area contributed by atoms with Crippen LogP contribution in [0.1, 0.15) is 12.8 Å². The summed E-state index contributed by atoms with van der Waals surface area (Å²) in [7, 11) is 1.25. The molecule has 1 amide bonds. The lowest BCUT2D eigenvalue weighted by atomic mass is 10.2. The highest BCUT2D eigenvalue weighted by Crippen LogP contribution is 2.34. The van der Waals surface area contributed by atoms with Gasteiger partial charge in [0.05, 0.1) is 7.11 Å². The molecule has 0 radical (unpaired) electrons. The lowest BCUT2D eigenvalue weighted by molar-refractivity contribution is -0.145. The highest BCUT2D eigenvalue weighted by molar-refractivity contribution is 6.76. The lowest BCUT2D eigenvalue weighted by Gasteiger charge is -2.18. The smallest absolute Gasteiger partial charge is 0.328 e. The number of halogens is 3. The molecule has 1 saturated carbocycles. The van der Waals surface area contributed by atoms with Gasteiger partial charge in [0.2, 0.25) is 0 Å². The molecule has 15 heavy (non-hydrogen) atoms. The maximum Gasteiger partial charge on any atom is 0.328 e. The molecule has 4 nitrogen and oxygen atoms in total. The number of hydrogen-bond donors (Lipinski definition) is 1. The van der Waals surface area contributed by atoms with Crippen molar-refractivity contribution in [2.24, 2.45) is 5.92 Å². The molecule has 86 valence electrons. The van der Waals surface area contributed by atoms with Crippen molar-refractivity contribution in [3.63, 3.8) is 0 Å². The molecule has 1 aliphatic rings. The zero-order chi connectivity index (χ0) is 11.6. The molecule has 0 bridgehead atoms. The van der Waals surface area contributed by atoms with E-state index in [0.717, 1.165) is 12.8 Å². The van der Waals surface area contributed by atoms with Crippen molar-refractivity contribution in [2.75, 3.05) is 7.11 Å². The number of carbonyl (C=O) groups excluding carboxylic acids is 2. The van der Waals surface area contributed by atoms with Gasteiger partial charge in [-0.3, -0.25) is 4.79 Å². The van der Waals surface area contributed by atoms with Crippen LogP contribution < -0.4 is 5.32 Å². The number of methoxy groups -OCH3 is 1. The Bertz CT molecular complexity index is 273. The van der Waals surface area contributed by atoms with E-state index in [-0.39, 0.29) is 5.92 Å². The third-order valence-corrected chi connectivity index (χ3v) is 2.61.